The lowest BCUT2D eigenvalue weighted by molar-refractivity contribution is -0.0451. The molecule has 0 aromatic carbocycles. The molecule has 1 N–H and O–H groups in total. The first-order valence-electron chi connectivity index (χ1n) is 6.11. The van der Waals surface area contributed by atoms with Gasteiger partial charge in [-0.1, -0.05) is 11.6 Å². The van der Waals surface area contributed by atoms with Gasteiger partial charge in [-0.15, -0.1) is 11.3 Å². The molecular weight excluding hydrogens is 256 g/mol. The fourth-order valence-corrected chi connectivity index (χ4v) is 3.96. The zero-order valence-electron chi connectivity index (χ0n) is 9.68. The number of fused-ring (bicyclic) bond motifs is 3. The predicted octanol–water partition coefficient (Wildman–Crippen LogP) is 1.30. The van der Waals surface area contributed by atoms with E-state index in [4.69, 9.17) is 11.6 Å². The molecule has 0 aliphatic carbocycles. The summed E-state index contributed by atoms with van der Waals surface area (Å²) >= 11 is 7.48. The summed E-state index contributed by atoms with van der Waals surface area (Å²) in [6.07, 6.45) is 0.458. The van der Waals surface area contributed by atoms with Gasteiger partial charge in [-0.3, -0.25) is 9.80 Å². The average molecular weight is 273 g/mol. The van der Waals surface area contributed by atoms with Gasteiger partial charge in [-0.25, -0.2) is 0 Å². The fraction of sp³-hybridized carbons (Fsp3) is 0.667. The third kappa shape index (κ3) is 2.51. The smallest absolute Gasteiger partial charge is 0.0931 e. The highest BCUT2D eigenvalue weighted by molar-refractivity contribution is 7.16. The normalized spacial score (nSPS) is 33.9. The second kappa shape index (κ2) is 4.86. The Balaban J connectivity index is 1.64. The van der Waals surface area contributed by atoms with Crippen molar-refractivity contribution in [2.75, 3.05) is 32.7 Å². The molecule has 3 aliphatic rings. The summed E-state index contributed by atoms with van der Waals surface area (Å²) in [5.41, 5.74) is 0. The monoisotopic (exact) mass is 272 g/mol. The minimum absolute atomic E-state index is 0.271. The van der Waals surface area contributed by atoms with Crippen molar-refractivity contribution in [2.45, 2.75) is 18.6 Å². The third-order valence-corrected chi connectivity index (χ3v) is 5.06. The number of aliphatic hydroxyl groups is 1. The highest BCUT2D eigenvalue weighted by Gasteiger charge is 2.36. The number of nitrogens with zero attached hydrogens (tertiary/aromatic N) is 2. The molecule has 3 fully saturated rings. The summed E-state index contributed by atoms with van der Waals surface area (Å²) in [5, 5.41) is 10.4. The van der Waals surface area contributed by atoms with E-state index >= 15 is 0 Å². The van der Waals surface area contributed by atoms with Crippen LogP contribution in [0.3, 0.4) is 0 Å². The van der Waals surface area contributed by atoms with Crippen LogP contribution in [0.15, 0.2) is 12.1 Å². The van der Waals surface area contributed by atoms with Crippen LogP contribution in [-0.4, -0.2) is 59.8 Å². The van der Waals surface area contributed by atoms with Gasteiger partial charge >= 0.3 is 0 Å². The van der Waals surface area contributed by atoms with Crippen molar-refractivity contribution in [1.82, 2.24) is 9.80 Å². The molecule has 94 valence electrons. The molecule has 3 nitrogen and oxygen atoms in total. The van der Waals surface area contributed by atoms with Crippen LogP contribution in [0.2, 0.25) is 4.34 Å². The highest BCUT2D eigenvalue weighted by atomic mass is 35.5. The van der Waals surface area contributed by atoms with E-state index in [0.717, 1.165) is 43.5 Å². The average Bonchev–Trinajstić information content (AvgIpc) is 2.76. The standard InChI is InChI=1S/C12H17ClN2OS/c13-12-2-1-9(17-12)7-11(16)10-8-14-3-5-15(10)6-4-14/h1-2,10-11,16H,3-8H2. The van der Waals surface area contributed by atoms with Gasteiger partial charge in [-0.2, -0.15) is 0 Å². The van der Waals surface area contributed by atoms with Crippen molar-refractivity contribution < 1.29 is 5.11 Å². The van der Waals surface area contributed by atoms with Crippen LogP contribution >= 0.6 is 22.9 Å². The molecule has 1 aromatic rings. The summed E-state index contributed by atoms with van der Waals surface area (Å²) in [6.45, 7) is 5.54. The fourth-order valence-electron chi connectivity index (χ4n) is 2.83. The quantitative estimate of drug-likeness (QED) is 0.899. The van der Waals surface area contributed by atoms with Gasteiger partial charge in [0.2, 0.25) is 0 Å². The number of halogens is 1. The molecule has 2 bridgehead atoms. The molecule has 4 heterocycles. The summed E-state index contributed by atoms with van der Waals surface area (Å²) in [4.78, 5) is 6.06. The van der Waals surface area contributed by atoms with Gasteiger partial charge in [0.05, 0.1) is 10.4 Å². The number of aliphatic hydroxyl groups excluding tert-OH is 1. The number of piperazine rings is 3. The van der Waals surface area contributed by atoms with E-state index in [1.807, 2.05) is 12.1 Å². The van der Waals surface area contributed by atoms with E-state index in [9.17, 15) is 5.11 Å². The molecule has 2 atom stereocenters. The van der Waals surface area contributed by atoms with Crippen LogP contribution in [0.25, 0.3) is 0 Å². The summed E-state index contributed by atoms with van der Waals surface area (Å²) in [7, 11) is 0. The van der Waals surface area contributed by atoms with Crippen LogP contribution < -0.4 is 0 Å². The van der Waals surface area contributed by atoms with E-state index in [2.05, 4.69) is 9.80 Å². The highest BCUT2D eigenvalue weighted by Crippen LogP contribution is 2.25. The maximum Gasteiger partial charge on any atom is 0.0931 e. The maximum atomic E-state index is 10.4. The van der Waals surface area contributed by atoms with Crippen molar-refractivity contribution >= 4 is 22.9 Å². The van der Waals surface area contributed by atoms with Gasteiger partial charge in [-0.05, 0) is 12.1 Å². The Morgan fingerprint density at radius 1 is 1.35 bits per heavy atom. The zero-order chi connectivity index (χ0) is 11.8. The Morgan fingerprint density at radius 2 is 2.12 bits per heavy atom. The molecule has 0 amide bonds. The summed E-state index contributed by atoms with van der Waals surface area (Å²) in [5.74, 6) is 0. The molecule has 3 aliphatic heterocycles. The minimum Gasteiger partial charge on any atom is -0.391 e. The first-order valence-corrected chi connectivity index (χ1v) is 7.30. The molecule has 1 aromatic heterocycles. The van der Waals surface area contributed by atoms with Crippen molar-refractivity contribution in [3.05, 3.63) is 21.3 Å². The van der Waals surface area contributed by atoms with E-state index in [0.29, 0.717) is 6.04 Å². The summed E-state index contributed by atoms with van der Waals surface area (Å²) < 4.78 is 0.807. The Bertz CT molecular complexity index is 390. The van der Waals surface area contributed by atoms with E-state index in [1.54, 1.807) is 11.3 Å². The molecule has 3 saturated heterocycles. The van der Waals surface area contributed by atoms with Gasteiger partial charge in [0, 0.05) is 50.1 Å². The van der Waals surface area contributed by atoms with Gasteiger partial charge in [0.1, 0.15) is 0 Å². The molecule has 2 unspecified atom stereocenters. The third-order valence-electron chi connectivity index (χ3n) is 3.80. The molecule has 17 heavy (non-hydrogen) atoms. The van der Waals surface area contributed by atoms with Crippen molar-refractivity contribution in [1.29, 1.82) is 0 Å². The van der Waals surface area contributed by atoms with Crippen LogP contribution in [0.1, 0.15) is 4.88 Å². The van der Waals surface area contributed by atoms with Crippen LogP contribution in [-0.2, 0) is 6.42 Å². The summed E-state index contributed by atoms with van der Waals surface area (Å²) in [6, 6.07) is 4.23. The number of hydrogen-bond acceptors (Lipinski definition) is 4. The zero-order valence-corrected chi connectivity index (χ0v) is 11.3. The minimum atomic E-state index is -0.271. The van der Waals surface area contributed by atoms with Gasteiger partial charge in [0.25, 0.3) is 0 Å². The van der Waals surface area contributed by atoms with Crippen molar-refractivity contribution in [3.63, 3.8) is 0 Å². The van der Waals surface area contributed by atoms with E-state index < -0.39 is 0 Å². The van der Waals surface area contributed by atoms with Crippen LogP contribution in [0, 0.1) is 0 Å². The number of thiophene rings is 1. The van der Waals surface area contributed by atoms with Crippen molar-refractivity contribution in [2.24, 2.45) is 0 Å². The first kappa shape index (κ1) is 11.9. The van der Waals surface area contributed by atoms with Crippen LogP contribution in [0.5, 0.6) is 0 Å². The molecule has 0 radical (unpaired) electrons. The van der Waals surface area contributed by atoms with Gasteiger partial charge in [0.15, 0.2) is 0 Å². The Hall–Kier alpha value is -0.130. The van der Waals surface area contributed by atoms with Crippen molar-refractivity contribution in [3.8, 4) is 0 Å². The largest absolute Gasteiger partial charge is 0.391 e. The Labute approximate surface area is 111 Å². The number of rotatable bonds is 3. The second-order valence-electron chi connectivity index (χ2n) is 4.88. The molecule has 4 rings (SSSR count). The topological polar surface area (TPSA) is 26.7 Å². The maximum absolute atomic E-state index is 10.4. The predicted molar refractivity (Wildman–Crippen MR) is 70.8 cm³/mol. The lowest BCUT2D eigenvalue weighted by atomic mass is 9.99. The van der Waals surface area contributed by atoms with Crippen LogP contribution in [0.4, 0.5) is 0 Å². The lowest BCUT2D eigenvalue weighted by Gasteiger charge is -2.49. The Morgan fingerprint density at radius 3 is 2.65 bits per heavy atom. The molecule has 0 spiro atoms. The SMILES string of the molecule is OC(Cc1ccc(Cl)s1)C1CN2CCN1CC2. The molecular formula is C12H17ClN2OS. The molecule has 5 heteroatoms. The second-order valence-corrected chi connectivity index (χ2v) is 6.68. The van der Waals surface area contributed by atoms with E-state index in [-0.39, 0.29) is 6.10 Å². The molecule has 0 saturated carbocycles. The first-order chi connectivity index (χ1) is 8.22. The Kier molecular flexibility index (Phi) is 3.41. The van der Waals surface area contributed by atoms with E-state index in [1.165, 1.54) is 4.88 Å². The van der Waals surface area contributed by atoms with Gasteiger partial charge < -0.3 is 5.11 Å². The lowest BCUT2D eigenvalue weighted by Crippen LogP contribution is -2.64. The number of hydrogen-bond donors (Lipinski definition) is 1.